The molecule has 102 valence electrons. The van der Waals surface area contributed by atoms with Crippen molar-refractivity contribution in [3.05, 3.63) is 38.9 Å². The monoisotopic (exact) mass is 283 g/mol. The molecule has 0 aromatic heterocycles. The predicted molar refractivity (Wildman–Crippen MR) is 71.5 cm³/mol. The standard InChI is InChI=1S/C12H14ClN3O3/c13-11-3-2-9(16(18)19)8-10(11)12(17)15-6-1-4-14-5-7-15/h2-3,8,14H,1,4-7H2. The van der Waals surface area contributed by atoms with Gasteiger partial charge >= 0.3 is 0 Å². The number of hydrogen-bond acceptors (Lipinski definition) is 4. The van der Waals surface area contributed by atoms with Crippen LogP contribution >= 0.6 is 11.6 Å². The lowest BCUT2D eigenvalue weighted by Crippen LogP contribution is -2.34. The van der Waals surface area contributed by atoms with E-state index in [1.165, 1.54) is 18.2 Å². The molecular formula is C12H14ClN3O3. The lowest BCUT2D eigenvalue weighted by molar-refractivity contribution is -0.384. The summed E-state index contributed by atoms with van der Waals surface area (Å²) >= 11 is 5.97. The van der Waals surface area contributed by atoms with E-state index in [4.69, 9.17) is 11.6 Å². The van der Waals surface area contributed by atoms with Crippen LogP contribution in [0.15, 0.2) is 18.2 Å². The van der Waals surface area contributed by atoms with E-state index in [2.05, 4.69) is 5.32 Å². The fraction of sp³-hybridized carbons (Fsp3) is 0.417. The molecule has 0 aliphatic carbocycles. The third-order valence-electron chi connectivity index (χ3n) is 3.02. The highest BCUT2D eigenvalue weighted by molar-refractivity contribution is 6.33. The lowest BCUT2D eigenvalue weighted by Gasteiger charge is -2.20. The van der Waals surface area contributed by atoms with Crippen molar-refractivity contribution >= 4 is 23.2 Å². The van der Waals surface area contributed by atoms with E-state index >= 15 is 0 Å². The van der Waals surface area contributed by atoms with Crippen LogP contribution in [0.25, 0.3) is 0 Å². The van der Waals surface area contributed by atoms with Crippen molar-refractivity contribution in [3.8, 4) is 0 Å². The number of non-ortho nitro benzene ring substituents is 1. The number of nitro benzene ring substituents is 1. The maximum absolute atomic E-state index is 12.3. The zero-order chi connectivity index (χ0) is 13.8. The molecule has 0 saturated carbocycles. The van der Waals surface area contributed by atoms with E-state index in [9.17, 15) is 14.9 Å². The summed E-state index contributed by atoms with van der Waals surface area (Å²) in [6.45, 7) is 2.80. The van der Waals surface area contributed by atoms with Crippen molar-refractivity contribution in [2.45, 2.75) is 6.42 Å². The third kappa shape index (κ3) is 3.21. The van der Waals surface area contributed by atoms with E-state index in [1.807, 2.05) is 0 Å². The smallest absolute Gasteiger partial charge is 0.270 e. The highest BCUT2D eigenvalue weighted by atomic mass is 35.5. The molecule has 1 fully saturated rings. The number of carbonyl (C=O) groups is 1. The van der Waals surface area contributed by atoms with E-state index in [0.717, 1.165) is 19.5 Å². The van der Waals surface area contributed by atoms with Crippen molar-refractivity contribution in [2.75, 3.05) is 26.2 Å². The molecule has 1 heterocycles. The fourth-order valence-electron chi connectivity index (χ4n) is 2.01. The summed E-state index contributed by atoms with van der Waals surface area (Å²) in [6, 6.07) is 3.93. The molecule has 1 aromatic rings. The van der Waals surface area contributed by atoms with Crippen LogP contribution in [0.1, 0.15) is 16.8 Å². The molecule has 0 bridgehead atoms. The fourth-order valence-corrected chi connectivity index (χ4v) is 2.21. The Morgan fingerprint density at radius 1 is 1.37 bits per heavy atom. The molecule has 0 radical (unpaired) electrons. The van der Waals surface area contributed by atoms with Gasteiger partial charge in [-0.15, -0.1) is 0 Å². The first-order chi connectivity index (χ1) is 9.09. The zero-order valence-corrected chi connectivity index (χ0v) is 11.0. The molecule has 0 unspecified atom stereocenters. The first-order valence-electron chi connectivity index (χ1n) is 6.03. The molecule has 19 heavy (non-hydrogen) atoms. The van der Waals surface area contributed by atoms with Gasteiger partial charge in [-0.2, -0.15) is 0 Å². The summed E-state index contributed by atoms with van der Waals surface area (Å²) in [7, 11) is 0. The van der Waals surface area contributed by atoms with Gasteiger partial charge in [0.1, 0.15) is 0 Å². The average molecular weight is 284 g/mol. The van der Waals surface area contributed by atoms with Crippen LogP contribution in [0.3, 0.4) is 0 Å². The van der Waals surface area contributed by atoms with Gasteiger partial charge in [0, 0.05) is 31.8 Å². The van der Waals surface area contributed by atoms with Crippen molar-refractivity contribution in [2.24, 2.45) is 0 Å². The van der Waals surface area contributed by atoms with Crippen molar-refractivity contribution in [1.29, 1.82) is 0 Å². The Hall–Kier alpha value is -1.66. The van der Waals surface area contributed by atoms with Gasteiger partial charge in [-0.25, -0.2) is 0 Å². The van der Waals surface area contributed by atoms with Gasteiger partial charge in [-0.3, -0.25) is 14.9 Å². The van der Waals surface area contributed by atoms with Gasteiger partial charge in [0.2, 0.25) is 0 Å². The minimum Gasteiger partial charge on any atom is -0.337 e. The van der Waals surface area contributed by atoms with Crippen LogP contribution in [-0.2, 0) is 0 Å². The Morgan fingerprint density at radius 3 is 2.89 bits per heavy atom. The number of amides is 1. The van der Waals surface area contributed by atoms with E-state index in [1.54, 1.807) is 4.90 Å². The molecule has 2 rings (SSSR count). The minimum atomic E-state index is -0.531. The molecule has 1 aliphatic rings. The molecule has 6 nitrogen and oxygen atoms in total. The van der Waals surface area contributed by atoms with E-state index in [-0.39, 0.29) is 22.2 Å². The molecule has 1 N–H and O–H groups in total. The second-order valence-corrected chi connectivity index (χ2v) is 4.72. The molecule has 1 amide bonds. The first-order valence-corrected chi connectivity index (χ1v) is 6.41. The second kappa shape index (κ2) is 5.99. The topological polar surface area (TPSA) is 75.5 Å². The van der Waals surface area contributed by atoms with Crippen molar-refractivity contribution < 1.29 is 9.72 Å². The SMILES string of the molecule is O=C(c1cc([N+](=O)[O-])ccc1Cl)N1CCCNCC1. The molecule has 0 spiro atoms. The average Bonchev–Trinajstić information content (AvgIpc) is 2.67. The van der Waals surface area contributed by atoms with Crippen LogP contribution in [0.5, 0.6) is 0 Å². The van der Waals surface area contributed by atoms with Gasteiger partial charge in [0.05, 0.1) is 15.5 Å². The molecule has 1 aromatic carbocycles. The number of nitrogens with zero attached hydrogens (tertiary/aromatic N) is 2. The molecule has 1 saturated heterocycles. The zero-order valence-electron chi connectivity index (χ0n) is 10.3. The van der Waals surface area contributed by atoms with E-state index < -0.39 is 4.92 Å². The highest BCUT2D eigenvalue weighted by Crippen LogP contribution is 2.23. The van der Waals surface area contributed by atoms with Crippen LogP contribution < -0.4 is 5.32 Å². The maximum atomic E-state index is 12.3. The maximum Gasteiger partial charge on any atom is 0.270 e. The molecule has 0 atom stereocenters. The Morgan fingerprint density at radius 2 is 2.16 bits per heavy atom. The number of benzene rings is 1. The Bertz CT molecular complexity index is 499. The summed E-state index contributed by atoms with van der Waals surface area (Å²) in [5.74, 6) is -0.252. The van der Waals surface area contributed by atoms with Crippen LogP contribution in [0.2, 0.25) is 5.02 Å². The third-order valence-corrected chi connectivity index (χ3v) is 3.35. The largest absolute Gasteiger partial charge is 0.337 e. The number of carbonyl (C=O) groups excluding carboxylic acids is 1. The number of hydrogen-bond donors (Lipinski definition) is 1. The van der Waals surface area contributed by atoms with E-state index in [0.29, 0.717) is 13.1 Å². The molecular weight excluding hydrogens is 270 g/mol. The van der Waals surface area contributed by atoms with Crippen molar-refractivity contribution in [1.82, 2.24) is 10.2 Å². The van der Waals surface area contributed by atoms with Gasteiger partial charge in [-0.1, -0.05) is 11.6 Å². The number of rotatable bonds is 2. The summed E-state index contributed by atoms with van der Waals surface area (Å²) in [5, 5.41) is 14.2. The molecule has 1 aliphatic heterocycles. The molecule has 7 heteroatoms. The quantitative estimate of drug-likeness (QED) is 0.662. The Labute approximate surface area is 115 Å². The van der Waals surface area contributed by atoms with Gasteiger partial charge in [0.15, 0.2) is 0 Å². The van der Waals surface area contributed by atoms with Crippen LogP contribution in [0, 0.1) is 10.1 Å². The summed E-state index contributed by atoms with van der Waals surface area (Å²) < 4.78 is 0. The lowest BCUT2D eigenvalue weighted by atomic mass is 10.1. The van der Waals surface area contributed by atoms with Gasteiger partial charge in [-0.05, 0) is 19.0 Å². The Kier molecular flexibility index (Phi) is 4.34. The predicted octanol–water partition coefficient (Wildman–Crippen LogP) is 1.68. The van der Waals surface area contributed by atoms with Crippen LogP contribution in [-0.4, -0.2) is 41.9 Å². The highest BCUT2D eigenvalue weighted by Gasteiger charge is 2.21. The minimum absolute atomic E-state index is 0.124. The summed E-state index contributed by atoms with van der Waals surface area (Å²) in [4.78, 5) is 24.2. The number of nitro groups is 1. The number of halogens is 1. The number of nitrogens with one attached hydrogen (secondary N) is 1. The van der Waals surface area contributed by atoms with Crippen molar-refractivity contribution in [3.63, 3.8) is 0 Å². The van der Waals surface area contributed by atoms with Crippen LogP contribution in [0.4, 0.5) is 5.69 Å². The normalized spacial score (nSPS) is 15.9. The van der Waals surface area contributed by atoms with Gasteiger partial charge in [0.25, 0.3) is 11.6 Å². The Balaban J connectivity index is 2.26. The summed E-state index contributed by atoms with van der Waals surface area (Å²) in [6.07, 6.45) is 0.859. The summed E-state index contributed by atoms with van der Waals surface area (Å²) in [5.41, 5.74) is 0.0680. The first kappa shape index (κ1) is 13.8. The second-order valence-electron chi connectivity index (χ2n) is 4.32. The van der Waals surface area contributed by atoms with Gasteiger partial charge < -0.3 is 10.2 Å².